The van der Waals surface area contributed by atoms with Gasteiger partial charge in [-0.3, -0.25) is 4.98 Å². The first-order valence-electron chi connectivity index (χ1n) is 5.58. The Morgan fingerprint density at radius 3 is 2.82 bits per heavy atom. The number of hydrogen-bond donors (Lipinski definition) is 1. The molecule has 0 saturated carbocycles. The summed E-state index contributed by atoms with van der Waals surface area (Å²) in [5.74, 6) is 0.853. The predicted octanol–water partition coefficient (Wildman–Crippen LogP) is 3.01. The number of methoxy groups -OCH3 is 1. The molecule has 0 aliphatic heterocycles. The van der Waals surface area contributed by atoms with Crippen molar-refractivity contribution in [2.45, 2.75) is 13.5 Å². The molecule has 0 saturated heterocycles. The van der Waals surface area contributed by atoms with Gasteiger partial charge < -0.3 is 10.1 Å². The van der Waals surface area contributed by atoms with Crippen LogP contribution >= 0.6 is 0 Å². The molecule has 1 aromatic heterocycles. The smallest absolute Gasteiger partial charge is 0.141 e. The molecule has 0 amide bonds. The van der Waals surface area contributed by atoms with Crippen LogP contribution < -0.4 is 10.1 Å². The van der Waals surface area contributed by atoms with Crippen LogP contribution in [0.1, 0.15) is 11.3 Å². The number of aromatic nitrogens is 1. The summed E-state index contributed by atoms with van der Waals surface area (Å²) < 4.78 is 5.31. The summed E-state index contributed by atoms with van der Waals surface area (Å²) in [5, 5.41) is 3.33. The SMILES string of the molecule is COc1ccc(C)cc1NCc1ccccn1. The van der Waals surface area contributed by atoms with E-state index < -0.39 is 0 Å². The Kier molecular flexibility index (Phi) is 3.60. The van der Waals surface area contributed by atoms with Gasteiger partial charge in [-0.25, -0.2) is 0 Å². The Bertz CT molecular complexity index is 483. The number of aryl methyl sites for hydroxylation is 1. The second kappa shape index (κ2) is 5.34. The van der Waals surface area contributed by atoms with E-state index in [0.717, 1.165) is 17.1 Å². The lowest BCUT2D eigenvalue weighted by atomic mass is 10.2. The second-order valence-corrected chi connectivity index (χ2v) is 3.88. The molecule has 0 spiro atoms. The number of anilines is 1. The van der Waals surface area contributed by atoms with Crippen molar-refractivity contribution in [3.05, 3.63) is 53.9 Å². The fraction of sp³-hybridized carbons (Fsp3) is 0.214. The molecule has 1 aromatic carbocycles. The largest absolute Gasteiger partial charge is 0.495 e. The highest BCUT2D eigenvalue weighted by molar-refractivity contribution is 5.58. The highest BCUT2D eigenvalue weighted by Gasteiger charge is 2.02. The van der Waals surface area contributed by atoms with Crippen LogP contribution in [0.15, 0.2) is 42.6 Å². The monoisotopic (exact) mass is 228 g/mol. The summed E-state index contributed by atoms with van der Waals surface area (Å²) in [5.41, 5.74) is 3.21. The minimum absolute atomic E-state index is 0.695. The number of hydrogen-bond acceptors (Lipinski definition) is 3. The average Bonchev–Trinajstić information content (AvgIpc) is 2.38. The summed E-state index contributed by atoms with van der Waals surface area (Å²) in [4.78, 5) is 4.27. The lowest BCUT2D eigenvalue weighted by Gasteiger charge is -2.11. The first-order valence-corrected chi connectivity index (χ1v) is 5.58. The van der Waals surface area contributed by atoms with Crippen LogP contribution in [0, 0.1) is 6.92 Å². The van der Waals surface area contributed by atoms with Gasteiger partial charge >= 0.3 is 0 Å². The van der Waals surface area contributed by atoms with Gasteiger partial charge in [0.2, 0.25) is 0 Å². The van der Waals surface area contributed by atoms with Gasteiger partial charge in [-0.15, -0.1) is 0 Å². The first kappa shape index (κ1) is 11.5. The molecule has 1 N–H and O–H groups in total. The van der Waals surface area contributed by atoms with Gasteiger partial charge in [0.15, 0.2) is 0 Å². The number of ether oxygens (including phenoxy) is 1. The molecular formula is C14H16N2O. The number of nitrogens with one attached hydrogen (secondary N) is 1. The van der Waals surface area contributed by atoms with E-state index in [-0.39, 0.29) is 0 Å². The first-order chi connectivity index (χ1) is 8.29. The number of benzene rings is 1. The number of nitrogens with zero attached hydrogens (tertiary/aromatic N) is 1. The second-order valence-electron chi connectivity index (χ2n) is 3.88. The Morgan fingerprint density at radius 1 is 1.24 bits per heavy atom. The van der Waals surface area contributed by atoms with Crippen molar-refractivity contribution in [2.75, 3.05) is 12.4 Å². The maximum Gasteiger partial charge on any atom is 0.141 e. The fourth-order valence-corrected chi connectivity index (χ4v) is 1.65. The van der Waals surface area contributed by atoms with Gasteiger partial charge in [-0.1, -0.05) is 12.1 Å². The van der Waals surface area contributed by atoms with Crippen molar-refractivity contribution in [3.8, 4) is 5.75 Å². The Balaban J connectivity index is 2.11. The third-order valence-corrected chi connectivity index (χ3v) is 2.54. The average molecular weight is 228 g/mol. The van der Waals surface area contributed by atoms with Gasteiger partial charge in [0.1, 0.15) is 5.75 Å². The summed E-state index contributed by atoms with van der Waals surface area (Å²) in [6, 6.07) is 12.0. The molecule has 0 fully saturated rings. The third-order valence-electron chi connectivity index (χ3n) is 2.54. The molecule has 3 heteroatoms. The van der Waals surface area contributed by atoms with Gasteiger partial charge in [0.25, 0.3) is 0 Å². The molecule has 2 aromatic rings. The molecule has 88 valence electrons. The van der Waals surface area contributed by atoms with Crippen LogP contribution in [0.2, 0.25) is 0 Å². The Hall–Kier alpha value is -2.03. The number of rotatable bonds is 4. The quantitative estimate of drug-likeness (QED) is 0.873. The van der Waals surface area contributed by atoms with Gasteiger partial charge in [0.05, 0.1) is 25.0 Å². The van der Waals surface area contributed by atoms with E-state index in [1.807, 2.05) is 30.3 Å². The van der Waals surface area contributed by atoms with Crippen LogP contribution in [-0.4, -0.2) is 12.1 Å². The molecule has 0 unspecified atom stereocenters. The van der Waals surface area contributed by atoms with Crippen molar-refractivity contribution >= 4 is 5.69 Å². The van der Waals surface area contributed by atoms with Crippen molar-refractivity contribution in [2.24, 2.45) is 0 Å². The van der Waals surface area contributed by atoms with E-state index in [1.54, 1.807) is 13.3 Å². The van der Waals surface area contributed by atoms with E-state index in [1.165, 1.54) is 5.56 Å². The predicted molar refractivity (Wildman–Crippen MR) is 69.3 cm³/mol. The number of pyridine rings is 1. The molecule has 3 nitrogen and oxygen atoms in total. The molecule has 1 heterocycles. The molecule has 0 radical (unpaired) electrons. The lowest BCUT2D eigenvalue weighted by molar-refractivity contribution is 0.416. The van der Waals surface area contributed by atoms with Crippen LogP contribution in [0.25, 0.3) is 0 Å². The minimum Gasteiger partial charge on any atom is -0.495 e. The van der Waals surface area contributed by atoms with Gasteiger partial charge in [0, 0.05) is 6.20 Å². The molecule has 0 aliphatic carbocycles. The fourth-order valence-electron chi connectivity index (χ4n) is 1.65. The molecule has 17 heavy (non-hydrogen) atoms. The van der Waals surface area contributed by atoms with E-state index in [9.17, 15) is 0 Å². The summed E-state index contributed by atoms with van der Waals surface area (Å²) in [6.07, 6.45) is 1.80. The third kappa shape index (κ3) is 2.97. The van der Waals surface area contributed by atoms with Crippen molar-refractivity contribution in [1.82, 2.24) is 4.98 Å². The molecule has 0 aliphatic rings. The van der Waals surface area contributed by atoms with Crippen LogP contribution in [0.3, 0.4) is 0 Å². The maximum absolute atomic E-state index is 5.31. The molecule has 2 rings (SSSR count). The van der Waals surface area contributed by atoms with E-state index in [4.69, 9.17) is 4.74 Å². The van der Waals surface area contributed by atoms with E-state index >= 15 is 0 Å². The highest BCUT2D eigenvalue weighted by Crippen LogP contribution is 2.25. The molecule has 0 bridgehead atoms. The lowest BCUT2D eigenvalue weighted by Crippen LogP contribution is -2.03. The Labute approximate surface area is 101 Å². The summed E-state index contributed by atoms with van der Waals surface area (Å²) in [6.45, 7) is 2.76. The minimum atomic E-state index is 0.695. The van der Waals surface area contributed by atoms with Gasteiger partial charge in [-0.2, -0.15) is 0 Å². The zero-order valence-electron chi connectivity index (χ0n) is 10.1. The highest BCUT2D eigenvalue weighted by atomic mass is 16.5. The van der Waals surface area contributed by atoms with Crippen molar-refractivity contribution < 1.29 is 4.74 Å². The summed E-state index contributed by atoms with van der Waals surface area (Å²) in [7, 11) is 1.68. The normalized spacial score (nSPS) is 10.0. The van der Waals surface area contributed by atoms with Crippen molar-refractivity contribution in [3.63, 3.8) is 0 Å². The van der Waals surface area contributed by atoms with Crippen LogP contribution in [0.5, 0.6) is 5.75 Å². The summed E-state index contributed by atoms with van der Waals surface area (Å²) >= 11 is 0. The van der Waals surface area contributed by atoms with Crippen LogP contribution in [-0.2, 0) is 6.54 Å². The molecule has 0 atom stereocenters. The maximum atomic E-state index is 5.31. The topological polar surface area (TPSA) is 34.1 Å². The van der Waals surface area contributed by atoms with Gasteiger partial charge in [-0.05, 0) is 36.8 Å². The zero-order valence-corrected chi connectivity index (χ0v) is 10.1. The van der Waals surface area contributed by atoms with E-state index in [0.29, 0.717) is 6.54 Å². The zero-order chi connectivity index (χ0) is 12.1. The molecular weight excluding hydrogens is 212 g/mol. The standard InChI is InChI=1S/C14H16N2O/c1-11-6-7-14(17-2)13(9-11)16-10-12-5-3-4-8-15-12/h3-9,16H,10H2,1-2H3. The van der Waals surface area contributed by atoms with Crippen LogP contribution in [0.4, 0.5) is 5.69 Å². The Morgan fingerprint density at radius 2 is 2.12 bits per heavy atom. The van der Waals surface area contributed by atoms with Crippen molar-refractivity contribution in [1.29, 1.82) is 0 Å². The van der Waals surface area contributed by atoms with E-state index in [2.05, 4.69) is 23.3 Å².